The van der Waals surface area contributed by atoms with E-state index in [1.807, 2.05) is 36.4 Å². The lowest BCUT2D eigenvalue weighted by Crippen LogP contribution is -2.29. The van der Waals surface area contributed by atoms with Crippen molar-refractivity contribution >= 4 is 46.2 Å². The molecule has 1 aliphatic carbocycles. The molecule has 0 bridgehead atoms. The molecule has 6 aromatic carbocycles. The number of rotatable bonds is 7. The smallest absolute Gasteiger partial charge is 0.456 e. The first-order valence-electron chi connectivity index (χ1n) is 16.3. The van der Waals surface area contributed by atoms with Crippen LogP contribution in [0.3, 0.4) is 0 Å². The lowest BCUT2D eigenvalue weighted by atomic mass is 9.79. The van der Waals surface area contributed by atoms with Crippen LogP contribution in [-0.4, -0.2) is 17.2 Å². The predicted molar refractivity (Wildman–Crippen MR) is 200 cm³/mol. The molecule has 2 N–H and O–H groups in total. The fourth-order valence-corrected chi connectivity index (χ4v) is 6.74. The van der Waals surface area contributed by atoms with Gasteiger partial charge in [-0.05, 0) is 57.0 Å². The van der Waals surface area contributed by atoms with Crippen LogP contribution in [0.15, 0.2) is 168 Å². The SMILES string of the molecule is OB(O)c1cccc2c1oc1c(-c3ccc(/C(=C\c4ccc(C5C=CC=CC5)cc4)c4ccc(-c5ccccc5)cc4)cc3)cccc12. The molecule has 7 aromatic rings. The van der Waals surface area contributed by atoms with Gasteiger partial charge < -0.3 is 14.5 Å². The fourth-order valence-electron chi connectivity index (χ4n) is 6.74. The Hall–Kier alpha value is -5.68. The molecule has 8 rings (SSSR count). The molecule has 4 heteroatoms. The Morgan fingerprint density at radius 2 is 1.25 bits per heavy atom. The van der Waals surface area contributed by atoms with Crippen molar-refractivity contribution in [2.45, 2.75) is 12.3 Å². The molecule has 1 heterocycles. The highest BCUT2D eigenvalue weighted by Gasteiger charge is 2.20. The van der Waals surface area contributed by atoms with E-state index >= 15 is 0 Å². The first-order valence-corrected chi connectivity index (χ1v) is 16.3. The molecule has 0 aliphatic heterocycles. The third kappa shape index (κ3) is 5.73. The lowest BCUT2D eigenvalue weighted by molar-refractivity contribution is 0.425. The highest BCUT2D eigenvalue weighted by atomic mass is 16.4. The van der Waals surface area contributed by atoms with Crippen molar-refractivity contribution in [2.24, 2.45) is 0 Å². The number of benzene rings is 6. The molecule has 0 fully saturated rings. The first-order chi connectivity index (χ1) is 23.6. The molecule has 1 atom stereocenters. The summed E-state index contributed by atoms with van der Waals surface area (Å²) in [6.45, 7) is 0. The number of para-hydroxylation sites is 2. The third-order valence-corrected chi connectivity index (χ3v) is 9.30. The van der Waals surface area contributed by atoms with Crippen LogP contribution in [0.25, 0.3) is 55.8 Å². The number of hydrogen-bond donors (Lipinski definition) is 2. The van der Waals surface area contributed by atoms with Crippen molar-refractivity contribution in [1.82, 2.24) is 0 Å². The van der Waals surface area contributed by atoms with Gasteiger partial charge in [-0.25, -0.2) is 0 Å². The third-order valence-electron chi connectivity index (χ3n) is 9.30. The Morgan fingerprint density at radius 3 is 1.92 bits per heavy atom. The van der Waals surface area contributed by atoms with E-state index < -0.39 is 7.12 Å². The van der Waals surface area contributed by atoms with Gasteiger partial charge >= 0.3 is 7.12 Å². The average Bonchev–Trinajstić information content (AvgIpc) is 3.54. The molecule has 3 nitrogen and oxygen atoms in total. The van der Waals surface area contributed by atoms with Gasteiger partial charge in [-0.15, -0.1) is 0 Å². The van der Waals surface area contributed by atoms with Gasteiger partial charge in [-0.3, -0.25) is 0 Å². The molecule has 0 spiro atoms. The van der Waals surface area contributed by atoms with Crippen LogP contribution in [0.1, 0.15) is 34.6 Å². The Balaban J connectivity index is 1.18. The monoisotopic (exact) mass is 620 g/mol. The van der Waals surface area contributed by atoms with Gasteiger partial charge in [0.05, 0.1) is 0 Å². The second kappa shape index (κ2) is 12.8. The highest BCUT2D eigenvalue weighted by molar-refractivity contribution is 6.61. The summed E-state index contributed by atoms with van der Waals surface area (Å²) in [6.07, 6.45) is 12.0. The summed E-state index contributed by atoms with van der Waals surface area (Å²) < 4.78 is 6.32. The van der Waals surface area contributed by atoms with Gasteiger partial charge in [-0.1, -0.05) is 164 Å². The van der Waals surface area contributed by atoms with Crippen molar-refractivity contribution in [3.63, 3.8) is 0 Å². The molecule has 1 aromatic heterocycles. The van der Waals surface area contributed by atoms with Gasteiger partial charge in [0.15, 0.2) is 0 Å². The summed E-state index contributed by atoms with van der Waals surface area (Å²) in [4.78, 5) is 0. The number of hydrogen-bond acceptors (Lipinski definition) is 3. The zero-order chi connectivity index (χ0) is 32.5. The molecular weight excluding hydrogens is 587 g/mol. The number of fused-ring (bicyclic) bond motifs is 3. The summed E-state index contributed by atoms with van der Waals surface area (Å²) in [5, 5.41) is 21.7. The van der Waals surface area contributed by atoms with E-state index in [4.69, 9.17) is 4.42 Å². The Morgan fingerprint density at radius 1 is 0.604 bits per heavy atom. The lowest BCUT2D eigenvalue weighted by Gasteiger charge is -2.14. The second-order valence-electron chi connectivity index (χ2n) is 12.3. The summed E-state index contributed by atoms with van der Waals surface area (Å²) in [7, 11) is -1.61. The minimum Gasteiger partial charge on any atom is -0.456 e. The van der Waals surface area contributed by atoms with Crippen molar-refractivity contribution < 1.29 is 14.5 Å². The van der Waals surface area contributed by atoms with E-state index in [0.29, 0.717) is 17.0 Å². The molecule has 1 aliphatic rings. The van der Waals surface area contributed by atoms with Crippen molar-refractivity contribution in [3.8, 4) is 22.3 Å². The van der Waals surface area contributed by atoms with Crippen LogP contribution in [0.5, 0.6) is 0 Å². The van der Waals surface area contributed by atoms with Crippen molar-refractivity contribution in [2.75, 3.05) is 0 Å². The molecule has 230 valence electrons. The maximum Gasteiger partial charge on any atom is 0.492 e. The summed E-state index contributed by atoms with van der Waals surface area (Å²) >= 11 is 0. The minimum atomic E-state index is -1.61. The van der Waals surface area contributed by atoms with E-state index in [2.05, 4.69) is 127 Å². The zero-order valence-corrected chi connectivity index (χ0v) is 26.3. The van der Waals surface area contributed by atoms with Gasteiger partial charge in [0.1, 0.15) is 11.2 Å². The van der Waals surface area contributed by atoms with E-state index in [-0.39, 0.29) is 0 Å². The van der Waals surface area contributed by atoms with E-state index in [1.165, 1.54) is 16.7 Å². The Kier molecular flexibility index (Phi) is 7.95. The zero-order valence-electron chi connectivity index (χ0n) is 26.3. The minimum absolute atomic E-state index is 0.359. The number of furan rings is 1. The van der Waals surface area contributed by atoms with Crippen LogP contribution < -0.4 is 5.46 Å². The number of allylic oxidation sites excluding steroid dienone is 4. The largest absolute Gasteiger partial charge is 0.492 e. The summed E-state index contributed by atoms with van der Waals surface area (Å²) in [6, 6.07) is 48.3. The summed E-state index contributed by atoms with van der Waals surface area (Å²) in [5.41, 5.74) is 11.8. The first kappa shape index (κ1) is 29.7. The molecule has 0 amide bonds. The van der Waals surface area contributed by atoms with Crippen LogP contribution in [0, 0.1) is 0 Å². The molecule has 0 saturated carbocycles. The quantitative estimate of drug-likeness (QED) is 0.138. The average molecular weight is 621 g/mol. The highest BCUT2D eigenvalue weighted by Crippen LogP contribution is 2.37. The van der Waals surface area contributed by atoms with Gasteiger partial charge in [0, 0.05) is 27.7 Å². The van der Waals surface area contributed by atoms with E-state index in [1.54, 1.807) is 6.07 Å². The Labute approximate surface area is 280 Å². The van der Waals surface area contributed by atoms with Gasteiger partial charge in [0.25, 0.3) is 0 Å². The maximum absolute atomic E-state index is 9.95. The van der Waals surface area contributed by atoms with Crippen molar-refractivity contribution in [3.05, 3.63) is 186 Å². The standard InChI is InChI=1S/C44H33BO3/c46-45(47)42-16-8-15-40-39-14-7-13-38(43(39)48-44(40)42)35-25-27-37(28-26-35)41(36-23-21-34(22-24-36)32-11-5-2-6-12-32)29-30-17-19-33(20-18-30)31-9-3-1-4-10-31/h1-9,11-29,31,46-47H,10H2/b41-29-. The van der Waals surface area contributed by atoms with E-state index in [0.717, 1.165) is 56.2 Å². The maximum atomic E-state index is 9.95. The van der Waals surface area contributed by atoms with Crippen LogP contribution >= 0.6 is 0 Å². The van der Waals surface area contributed by atoms with E-state index in [9.17, 15) is 10.0 Å². The molecule has 0 saturated heterocycles. The molecule has 1 unspecified atom stereocenters. The van der Waals surface area contributed by atoms with Crippen LogP contribution in [-0.2, 0) is 0 Å². The topological polar surface area (TPSA) is 53.6 Å². The molecular formula is C44H33BO3. The normalized spacial score (nSPS) is 14.5. The van der Waals surface area contributed by atoms with Crippen LogP contribution in [0.2, 0.25) is 0 Å². The molecule has 0 radical (unpaired) electrons. The van der Waals surface area contributed by atoms with Gasteiger partial charge in [0.2, 0.25) is 0 Å². The predicted octanol–water partition coefficient (Wildman–Crippen LogP) is 9.79. The molecule has 48 heavy (non-hydrogen) atoms. The van der Waals surface area contributed by atoms with Gasteiger partial charge in [-0.2, -0.15) is 0 Å². The Bertz CT molecular complexity index is 2310. The van der Waals surface area contributed by atoms with Crippen LogP contribution in [0.4, 0.5) is 0 Å². The second-order valence-corrected chi connectivity index (χ2v) is 12.3. The van der Waals surface area contributed by atoms with Crippen molar-refractivity contribution in [1.29, 1.82) is 0 Å². The summed E-state index contributed by atoms with van der Waals surface area (Å²) in [5.74, 6) is 0.419. The fraction of sp³-hybridized carbons (Fsp3) is 0.0455.